The van der Waals surface area contributed by atoms with Crippen LogP contribution in [0.1, 0.15) is 18.4 Å². The van der Waals surface area contributed by atoms with Crippen molar-refractivity contribution in [3.63, 3.8) is 0 Å². The summed E-state index contributed by atoms with van der Waals surface area (Å²) >= 11 is 4.06. The third-order valence-electron chi connectivity index (χ3n) is 3.61. The van der Waals surface area contributed by atoms with Crippen LogP contribution in [0.5, 0.6) is 0 Å². The number of pyridine rings is 1. The average Bonchev–Trinajstić information content (AvgIpc) is 3.19. The zero-order chi connectivity index (χ0) is 20.4. The molecule has 2 aromatic rings. The van der Waals surface area contributed by atoms with Gasteiger partial charge in [-0.15, -0.1) is 0 Å². The molecule has 2 heterocycles. The van der Waals surface area contributed by atoms with Gasteiger partial charge in [0.1, 0.15) is 29.7 Å². The Morgan fingerprint density at radius 3 is 2.63 bits per heavy atom. The van der Waals surface area contributed by atoms with E-state index in [1.807, 2.05) is 6.07 Å². The van der Waals surface area contributed by atoms with Crippen molar-refractivity contribution in [2.24, 2.45) is 5.73 Å². The second-order valence-corrected chi connectivity index (χ2v) is 8.08. The van der Waals surface area contributed by atoms with E-state index in [-0.39, 0.29) is 15.1 Å². The van der Waals surface area contributed by atoms with Crippen molar-refractivity contribution in [3.05, 3.63) is 35.1 Å². The summed E-state index contributed by atoms with van der Waals surface area (Å²) in [5.74, 6) is 0. The first-order valence-corrected chi connectivity index (χ1v) is 9.70. The molecule has 0 bridgehead atoms. The summed E-state index contributed by atoms with van der Waals surface area (Å²) in [5, 5.41) is 22.8. The molecule has 0 aromatic carbocycles. The number of rotatable bonds is 3. The summed E-state index contributed by atoms with van der Waals surface area (Å²) in [7, 11) is 4.92. The number of hydrogen-bond acceptors (Lipinski definition) is 7. The fraction of sp³-hybridized carbons (Fsp3) is 0.267. The van der Waals surface area contributed by atoms with E-state index in [1.165, 1.54) is 22.6 Å². The molecule has 0 amide bonds. The topological polar surface area (TPSA) is 142 Å². The number of thioether (sulfide) groups is 1. The van der Waals surface area contributed by atoms with E-state index in [0.717, 1.165) is 12.8 Å². The molecule has 7 nitrogen and oxygen atoms in total. The molecule has 3 rings (SSSR count). The second kappa shape index (κ2) is 8.54. The van der Waals surface area contributed by atoms with Gasteiger partial charge < -0.3 is 14.7 Å². The van der Waals surface area contributed by atoms with Crippen molar-refractivity contribution in [2.45, 2.75) is 29.3 Å². The summed E-state index contributed by atoms with van der Waals surface area (Å²) < 4.78 is 36.3. The second-order valence-electron chi connectivity index (χ2n) is 5.70. The summed E-state index contributed by atoms with van der Waals surface area (Å²) in [6.45, 7) is 0. The number of nitrogens with one attached hydrogen (secondary N) is 2. The van der Waals surface area contributed by atoms with Gasteiger partial charge in [-0.25, -0.2) is 0 Å². The maximum atomic E-state index is 12.8. The molecular weight excluding hydrogens is 412 g/mol. The first-order chi connectivity index (χ1) is 12.6. The van der Waals surface area contributed by atoms with Gasteiger partial charge in [-0.2, -0.15) is 5.26 Å². The largest absolute Gasteiger partial charge is 0.768 e. The first-order valence-electron chi connectivity index (χ1n) is 7.43. The Kier molecular flexibility index (Phi) is 6.83. The van der Waals surface area contributed by atoms with Crippen molar-refractivity contribution in [3.8, 4) is 6.07 Å². The van der Waals surface area contributed by atoms with Crippen molar-refractivity contribution in [1.29, 1.82) is 16.1 Å². The molecule has 0 aliphatic heterocycles. The Morgan fingerprint density at radius 2 is 2.19 bits per heavy atom. The van der Waals surface area contributed by atoms with Crippen LogP contribution in [0.3, 0.4) is 0 Å². The summed E-state index contributed by atoms with van der Waals surface area (Å²) in [6.07, 6.45) is 1.38. The van der Waals surface area contributed by atoms with Crippen molar-refractivity contribution < 1.29 is 13.2 Å². The summed E-state index contributed by atoms with van der Waals surface area (Å²) in [4.78, 5) is -0.0254. The number of aromatic nitrogens is 1. The molecule has 2 atom stereocenters. The van der Waals surface area contributed by atoms with Crippen molar-refractivity contribution in [1.82, 2.24) is 4.40 Å². The van der Waals surface area contributed by atoms with E-state index in [2.05, 4.69) is 0 Å². The Morgan fingerprint density at radius 1 is 1.56 bits per heavy atom. The molecule has 2 unspecified atom stereocenters. The predicted molar refractivity (Wildman–Crippen MR) is 104 cm³/mol. The van der Waals surface area contributed by atoms with Crippen molar-refractivity contribution >= 4 is 57.9 Å². The maximum Gasteiger partial charge on any atom is 0.126 e. The first kappa shape index (κ1) is 21.6. The summed E-state index contributed by atoms with van der Waals surface area (Å²) in [5.41, 5.74) is 5.59. The maximum absolute atomic E-state index is 12.8. The van der Waals surface area contributed by atoms with Gasteiger partial charge in [0.2, 0.25) is 0 Å². The molecule has 1 fully saturated rings. The molecule has 2 aromatic heterocycles. The SMILES string of the molecule is N#CC1(N)CC1.[B]C(F)C(=N)SC(=N)c1ccn2c(Cl)cc(S(=O)[O-])cc12. The van der Waals surface area contributed by atoms with E-state index in [0.29, 0.717) is 22.8 Å². The molecule has 0 spiro atoms. The number of fused-ring (bicyclic) bond motifs is 1. The number of hydrogen-bond donors (Lipinski definition) is 3. The minimum absolute atomic E-state index is 0.0254. The highest BCUT2D eigenvalue weighted by Crippen LogP contribution is 2.30. The molecule has 1 aliphatic rings. The fourth-order valence-electron chi connectivity index (χ4n) is 1.90. The zero-order valence-corrected chi connectivity index (χ0v) is 16.1. The normalized spacial score (nSPS) is 16.6. The molecule has 140 valence electrons. The van der Waals surface area contributed by atoms with Crippen LogP contribution in [0.4, 0.5) is 4.39 Å². The molecule has 12 heteroatoms. The van der Waals surface area contributed by atoms with Gasteiger partial charge in [0, 0.05) is 16.7 Å². The van der Waals surface area contributed by atoms with Crippen LogP contribution in [0, 0.1) is 22.1 Å². The highest BCUT2D eigenvalue weighted by molar-refractivity contribution is 8.27. The van der Waals surface area contributed by atoms with Gasteiger partial charge in [0.25, 0.3) is 0 Å². The lowest BCUT2D eigenvalue weighted by atomic mass is 10.0. The molecule has 1 saturated carbocycles. The van der Waals surface area contributed by atoms with Gasteiger partial charge in [0.05, 0.1) is 16.6 Å². The monoisotopic (exact) mass is 424 g/mol. The Hall–Kier alpha value is -1.71. The summed E-state index contributed by atoms with van der Waals surface area (Å²) in [6, 6.07) is 6.15. The minimum atomic E-state index is -2.47. The van der Waals surface area contributed by atoms with Gasteiger partial charge in [-0.3, -0.25) is 19.4 Å². The zero-order valence-electron chi connectivity index (χ0n) is 13.7. The van der Waals surface area contributed by atoms with Gasteiger partial charge in [-0.1, -0.05) is 23.4 Å². The smallest absolute Gasteiger partial charge is 0.126 e. The van der Waals surface area contributed by atoms with Gasteiger partial charge in [0.15, 0.2) is 0 Å². The van der Waals surface area contributed by atoms with Crippen molar-refractivity contribution in [2.75, 3.05) is 0 Å². The minimum Gasteiger partial charge on any atom is -0.768 e. The quantitative estimate of drug-likeness (QED) is 0.228. The van der Waals surface area contributed by atoms with Crippen LogP contribution in [0.2, 0.25) is 5.15 Å². The molecule has 27 heavy (non-hydrogen) atoms. The van der Waals surface area contributed by atoms with Crippen LogP contribution < -0.4 is 5.73 Å². The third-order valence-corrected chi connectivity index (χ3v) is 5.39. The standard InChI is InChI=1S/C11H8BClFN3O2S2.C4H6N2/c12-9(14)11(16)20-10(15)6-1-2-17-7(6)3-5(21(18)19)4-8(17)13;5-3-4(6)1-2-4/h1-4,9,15-16H,(H,18,19);1-2,6H2/p-1. The number of nitrogens with two attached hydrogens (primary N) is 1. The van der Waals surface area contributed by atoms with Crippen LogP contribution in [-0.2, 0) is 11.1 Å². The fourth-order valence-corrected chi connectivity index (χ4v) is 3.26. The third kappa shape index (κ3) is 5.40. The Balaban J connectivity index is 0.000000369. The van der Waals surface area contributed by atoms with E-state index in [1.54, 1.807) is 6.20 Å². The van der Waals surface area contributed by atoms with E-state index >= 15 is 0 Å². The van der Waals surface area contributed by atoms with Crippen LogP contribution in [-0.4, -0.2) is 42.7 Å². The lowest BCUT2D eigenvalue weighted by Crippen LogP contribution is -2.17. The Bertz CT molecular complexity index is 971. The highest BCUT2D eigenvalue weighted by Gasteiger charge is 2.38. The number of nitrogens with zero attached hydrogens (tertiary/aromatic N) is 2. The van der Waals surface area contributed by atoms with E-state index in [9.17, 15) is 13.2 Å². The highest BCUT2D eigenvalue weighted by atomic mass is 35.5. The molecule has 2 radical (unpaired) electrons. The lowest BCUT2D eigenvalue weighted by molar-refractivity contribution is 0.536. The molecule has 0 saturated heterocycles. The van der Waals surface area contributed by atoms with E-state index in [4.69, 9.17) is 41.3 Å². The molecule has 4 N–H and O–H groups in total. The van der Waals surface area contributed by atoms with E-state index < -0.39 is 27.7 Å². The van der Waals surface area contributed by atoms with Gasteiger partial charge >= 0.3 is 0 Å². The average molecular weight is 425 g/mol. The lowest BCUT2D eigenvalue weighted by Gasteiger charge is -2.10. The Labute approximate surface area is 167 Å². The van der Waals surface area contributed by atoms with Crippen LogP contribution in [0.15, 0.2) is 29.3 Å². The molecule has 1 aliphatic carbocycles. The predicted octanol–water partition coefficient (Wildman–Crippen LogP) is 2.33. The van der Waals surface area contributed by atoms with Gasteiger partial charge in [-0.05, 0) is 42.1 Å². The van der Waals surface area contributed by atoms with Crippen LogP contribution in [0.25, 0.3) is 5.52 Å². The van der Waals surface area contributed by atoms with Crippen LogP contribution >= 0.6 is 23.4 Å². The number of alkyl halides is 1. The number of halogens is 2. The molecular formula is C15H13BClFN5O2S2-. The number of nitriles is 1.